The van der Waals surface area contributed by atoms with Crippen molar-refractivity contribution in [1.29, 1.82) is 0 Å². The first kappa shape index (κ1) is 20.8. The van der Waals surface area contributed by atoms with Crippen molar-refractivity contribution in [1.82, 2.24) is 10.2 Å². The molecule has 0 bridgehead atoms. The van der Waals surface area contributed by atoms with Gasteiger partial charge in [-0.15, -0.1) is 0 Å². The first-order chi connectivity index (χ1) is 14.4. The molecule has 9 heteroatoms. The van der Waals surface area contributed by atoms with Gasteiger partial charge in [0.05, 0.1) is 22.1 Å². The fraction of sp³-hybridized carbons (Fsp3) is 0.238. The van der Waals surface area contributed by atoms with Crippen LogP contribution in [0.5, 0.6) is 5.75 Å². The molecule has 0 spiro atoms. The molecule has 0 aliphatic carbocycles. The lowest BCUT2D eigenvalue weighted by atomic mass is 9.94. The van der Waals surface area contributed by atoms with Crippen molar-refractivity contribution in [3.63, 3.8) is 0 Å². The molecule has 0 saturated heterocycles. The largest absolute Gasteiger partial charge is 0.490 e. The van der Waals surface area contributed by atoms with Gasteiger partial charge in [0.1, 0.15) is 19.0 Å². The average Bonchev–Trinajstić information content (AvgIpc) is 2.75. The summed E-state index contributed by atoms with van der Waals surface area (Å²) in [7, 11) is 1.51. The highest BCUT2D eigenvalue weighted by Crippen LogP contribution is 2.35. The number of nitro groups is 1. The number of nitrogens with zero attached hydrogens (tertiary/aromatic N) is 2. The lowest BCUT2D eigenvalue weighted by Gasteiger charge is -2.33. The van der Waals surface area contributed by atoms with Crippen LogP contribution in [-0.2, 0) is 9.53 Å². The maximum Gasteiger partial charge on any atom is 0.338 e. The van der Waals surface area contributed by atoms with Gasteiger partial charge in [-0.25, -0.2) is 9.59 Å². The number of carbonyl (C=O) groups is 2. The quantitative estimate of drug-likeness (QED) is 0.324. The molecule has 30 heavy (non-hydrogen) atoms. The zero-order valence-electron chi connectivity index (χ0n) is 16.5. The number of amides is 2. The van der Waals surface area contributed by atoms with Crippen LogP contribution in [0, 0.1) is 10.1 Å². The standard InChI is InChI=1S/C21H21N3O6/c1-14-18(20(25)30-13-12-29-15-8-4-3-5-9-15)19(22-21(26)23(14)2)16-10-6-7-11-17(16)24(27)28/h3-11,19H,12-13H2,1-2H3,(H,22,26)/t19-/m1/s1. The number of rotatable bonds is 7. The zero-order valence-corrected chi connectivity index (χ0v) is 16.5. The van der Waals surface area contributed by atoms with Gasteiger partial charge in [0.15, 0.2) is 0 Å². The van der Waals surface area contributed by atoms with Gasteiger partial charge in [0, 0.05) is 18.8 Å². The minimum atomic E-state index is -1.00. The van der Waals surface area contributed by atoms with Crippen LogP contribution in [0.4, 0.5) is 10.5 Å². The molecule has 1 atom stereocenters. The number of hydrogen-bond donors (Lipinski definition) is 1. The Kier molecular flexibility index (Phi) is 6.31. The molecule has 1 aliphatic heterocycles. The van der Waals surface area contributed by atoms with Gasteiger partial charge in [0.2, 0.25) is 0 Å². The molecular formula is C21H21N3O6. The third-order valence-corrected chi connectivity index (χ3v) is 4.75. The predicted octanol–water partition coefficient (Wildman–Crippen LogP) is 3.19. The molecule has 2 aromatic carbocycles. The second kappa shape index (κ2) is 9.08. The molecule has 1 heterocycles. The van der Waals surface area contributed by atoms with E-state index in [1.165, 1.54) is 30.1 Å². The molecule has 0 saturated carbocycles. The Bertz CT molecular complexity index is 989. The van der Waals surface area contributed by atoms with E-state index in [1.54, 1.807) is 25.1 Å². The van der Waals surface area contributed by atoms with Crippen molar-refractivity contribution in [3.05, 3.63) is 81.5 Å². The Labute approximate surface area is 173 Å². The zero-order chi connectivity index (χ0) is 21.7. The topological polar surface area (TPSA) is 111 Å². The highest BCUT2D eigenvalue weighted by molar-refractivity contribution is 5.95. The second-order valence-electron chi connectivity index (χ2n) is 6.55. The Morgan fingerprint density at radius 1 is 1.13 bits per heavy atom. The number of nitrogens with one attached hydrogen (secondary N) is 1. The second-order valence-corrected chi connectivity index (χ2v) is 6.55. The number of nitro benzene ring substituents is 1. The number of para-hydroxylation sites is 2. The average molecular weight is 411 g/mol. The molecular weight excluding hydrogens is 390 g/mol. The molecule has 0 aromatic heterocycles. The number of urea groups is 1. The fourth-order valence-electron chi connectivity index (χ4n) is 3.12. The van der Waals surface area contributed by atoms with Crippen LogP contribution < -0.4 is 10.1 Å². The van der Waals surface area contributed by atoms with Gasteiger partial charge in [0.25, 0.3) is 5.69 Å². The van der Waals surface area contributed by atoms with Crippen LogP contribution in [-0.4, -0.2) is 42.1 Å². The maximum absolute atomic E-state index is 12.9. The third-order valence-electron chi connectivity index (χ3n) is 4.75. The molecule has 2 aromatic rings. The van der Waals surface area contributed by atoms with Gasteiger partial charge in [-0.05, 0) is 25.1 Å². The van der Waals surface area contributed by atoms with Gasteiger partial charge in [-0.3, -0.25) is 10.1 Å². The van der Waals surface area contributed by atoms with Gasteiger partial charge >= 0.3 is 12.0 Å². The Hall–Kier alpha value is -3.88. The van der Waals surface area contributed by atoms with Crippen LogP contribution in [0.2, 0.25) is 0 Å². The summed E-state index contributed by atoms with van der Waals surface area (Å²) in [6, 6.07) is 13.6. The van der Waals surface area contributed by atoms with Crippen molar-refractivity contribution in [2.75, 3.05) is 20.3 Å². The van der Waals surface area contributed by atoms with Crippen molar-refractivity contribution < 1.29 is 24.0 Å². The lowest BCUT2D eigenvalue weighted by Crippen LogP contribution is -2.46. The summed E-state index contributed by atoms with van der Waals surface area (Å²) in [5.41, 5.74) is 0.496. The SMILES string of the molecule is CC1=C(C(=O)OCCOc2ccccc2)[C@@H](c2ccccc2[N+](=O)[O-])NC(=O)N1C. The van der Waals surface area contributed by atoms with Crippen LogP contribution in [0.3, 0.4) is 0 Å². The van der Waals surface area contributed by atoms with E-state index in [1.807, 2.05) is 18.2 Å². The molecule has 0 radical (unpaired) electrons. The monoisotopic (exact) mass is 411 g/mol. The first-order valence-corrected chi connectivity index (χ1v) is 9.23. The summed E-state index contributed by atoms with van der Waals surface area (Å²) < 4.78 is 10.8. The van der Waals surface area contributed by atoms with Crippen molar-refractivity contribution in [3.8, 4) is 5.75 Å². The van der Waals surface area contributed by atoms with E-state index in [-0.39, 0.29) is 30.0 Å². The molecule has 1 aliphatic rings. The van der Waals surface area contributed by atoms with Crippen LogP contribution in [0.1, 0.15) is 18.5 Å². The number of esters is 1. The van der Waals surface area contributed by atoms with Crippen LogP contribution in [0.25, 0.3) is 0 Å². The van der Waals surface area contributed by atoms with Crippen LogP contribution in [0.15, 0.2) is 65.9 Å². The lowest BCUT2D eigenvalue weighted by molar-refractivity contribution is -0.385. The third kappa shape index (κ3) is 4.40. The summed E-state index contributed by atoms with van der Waals surface area (Å²) in [5.74, 6) is -0.0365. The number of benzene rings is 2. The van der Waals surface area contributed by atoms with Gasteiger partial charge < -0.3 is 19.7 Å². The summed E-state index contributed by atoms with van der Waals surface area (Å²) in [5, 5.41) is 14.1. The summed E-state index contributed by atoms with van der Waals surface area (Å²) in [6.45, 7) is 1.71. The smallest absolute Gasteiger partial charge is 0.338 e. The van der Waals surface area contributed by atoms with E-state index >= 15 is 0 Å². The number of hydrogen-bond acceptors (Lipinski definition) is 6. The molecule has 0 unspecified atom stereocenters. The van der Waals surface area contributed by atoms with E-state index in [9.17, 15) is 19.7 Å². The van der Waals surface area contributed by atoms with E-state index < -0.39 is 23.0 Å². The van der Waals surface area contributed by atoms with Crippen molar-refractivity contribution in [2.45, 2.75) is 13.0 Å². The van der Waals surface area contributed by atoms with Crippen molar-refractivity contribution >= 4 is 17.7 Å². The minimum Gasteiger partial charge on any atom is -0.490 e. The molecule has 9 nitrogen and oxygen atoms in total. The Morgan fingerprint density at radius 3 is 2.50 bits per heavy atom. The normalized spacial score (nSPS) is 16.1. The van der Waals surface area contributed by atoms with Gasteiger partial charge in [-0.2, -0.15) is 0 Å². The summed E-state index contributed by atoms with van der Waals surface area (Å²) in [4.78, 5) is 37.3. The highest BCUT2D eigenvalue weighted by atomic mass is 16.6. The maximum atomic E-state index is 12.9. The Balaban J connectivity index is 1.80. The molecule has 3 rings (SSSR count). The van der Waals surface area contributed by atoms with Gasteiger partial charge in [-0.1, -0.05) is 30.3 Å². The molecule has 1 N–H and O–H groups in total. The molecule has 2 amide bonds. The van der Waals surface area contributed by atoms with Crippen molar-refractivity contribution in [2.24, 2.45) is 0 Å². The number of ether oxygens (including phenoxy) is 2. The minimum absolute atomic E-state index is 0.0221. The molecule has 0 fully saturated rings. The van der Waals surface area contributed by atoms with E-state index in [0.717, 1.165) is 0 Å². The Morgan fingerprint density at radius 2 is 1.80 bits per heavy atom. The summed E-state index contributed by atoms with van der Waals surface area (Å²) in [6.07, 6.45) is 0. The fourth-order valence-corrected chi connectivity index (χ4v) is 3.12. The predicted molar refractivity (Wildman–Crippen MR) is 108 cm³/mol. The number of carbonyl (C=O) groups excluding carboxylic acids is 2. The van der Waals surface area contributed by atoms with E-state index in [4.69, 9.17) is 9.47 Å². The van der Waals surface area contributed by atoms with E-state index in [0.29, 0.717) is 11.4 Å². The molecule has 156 valence electrons. The summed E-state index contributed by atoms with van der Waals surface area (Å²) >= 11 is 0. The van der Waals surface area contributed by atoms with Crippen LogP contribution >= 0.6 is 0 Å². The highest BCUT2D eigenvalue weighted by Gasteiger charge is 2.37. The first-order valence-electron chi connectivity index (χ1n) is 9.23. The van der Waals surface area contributed by atoms with E-state index in [2.05, 4.69) is 5.32 Å². The number of allylic oxidation sites excluding steroid dienone is 1.